The maximum atomic E-state index is 11.5. The van der Waals surface area contributed by atoms with Crippen LogP contribution in [0, 0.1) is 0 Å². The molecule has 1 aromatic rings. The summed E-state index contributed by atoms with van der Waals surface area (Å²) < 4.78 is 1.95. The molecule has 0 saturated heterocycles. The van der Waals surface area contributed by atoms with Gasteiger partial charge in [0.15, 0.2) is 0 Å². The molecule has 1 N–H and O–H groups in total. The van der Waals surface area contributed by atoms with Gasteiger partial charge < -0.3 is 14.8 Å². The second kappa shape index (κ2) is 5.56. The van der Waals surface area contributed by atoms with Crippen LogP contribution in [-0.2, 0) is 18.3 Å². The molecule has 0 unspecified atom stereocenters. The minimum Gasteiger partial charge on any atom is -0.357 e. The van der Waals surface area contributed by atoms with Gasteiger partial charge in [0.05, 0.1) is 6.42 Å². The Labute approximate surface area is 90.9 Å². The normalized spacial score (nSPS) is 10.7. The molecule has 0 atom stereocenters. The molecule has 0 fully saturated rings. The largest absolute Gasteiger partial charge is 0.357 e. The van der Waals surface area contributed by atoms with E-state index in [0.29, 0.717) is 13.0 Å². The summed E-state index contributed by atoms with van der Waals surface area (Å²) in [6.07, 6.45) is 4.38. The summed E-state index contributed by atoms with van der Waals surface area (Å²) in [6, 6.07) is 1.96. The molecule has 1 aromatic heterocycles. The number of carbonyl (C=O) groups is 1. The third kappa shape index (κ3) is 4.65. The van der Waals surface area contributed by atoms with Gasteiger partial charge in [-0.3, -0.25) is 4.79 Å². The Morgan fingerprint density at radius 2 is 2.27 bits per heavy atom. The van der Waals surface area contributed by atoms with E-state index >= 15 is 0 Å². The van der Waals surface area contributed by atoms with Crippen LogP contribution in [0.1, 0.15) is 5.56 Å². The van der Waals surface area contributed by atoms with Gasteiger partial charge in [0.1, 0.15) is 0 Å². The molecule has 0 bridgehead atoms. The summed E-state index contributed by atoms with van der Waals surface area (Å²) in [4.78, 5) is 13.5. The molecule has 4 nitrogen and oxygen atoms in total. The van der Waals surface area contributed by atoms with Gasteiger partial charge in [0, 0.05) is 32.5 Å². The number of aryl methyl sites for hydroxylation is 1. The van der Waals surface area contributed by atoms with Crippen LogP contribution >= 0.6 is 0 Å². The molecule has 1 rings (SSSR count). The highest BCUT2D eigenvalue weighted by atomic mass is 16.1. The zero-order valence-electron chi connectivity index (χ0n) is 9.66. The molecule has 84 valence electrons. The van der Waals surface area contributed by atoms with Crippen molar-refractivity contribution in [2.24, 2.45) is 7.05 Å². The minimum atomic E-state index is 0.0862. The van der Waals surface area contributed by atoms with Crippen molar-refractivity contribution in [3.05, 3.63) is 24.0 Å². The summed E-state index contributed by atoms with van der Waals surface area (Å²) in [5.41, 5.74) is 1.06. The Morgan fingerprint density at radius 3 is 2.80 bits per heavy atom. The van der Waals surface area contributed by atoms with Crippen molar-refractivity contribution in [3.63, 3.8) is 0 Å². The second-order valence-corrected chi connectivity index (χ2v) is 4.02. The monoisotopic (exact) mass is 209 g/mol. The fourth-order valence-corrected chi connectivity index (χ4v) is 1.33. The third-order valence-corrected chi connectivity index (χ3v) is 2.14. The Kier molecular flexibility index (Phi) is 4.37. The number of rotatable bonds is 5. The average molecular weight is 209 g/mol. The summed E-state index contributed by atoms with van der Waals surface area (Å²) in [5.74, 6) is 0.0862. The number of nitrogens with one attached hydrogen (secondary N) is 1. The van der Waals surface area contributed by atoms with Crippen LogP contribution in [0.3, 0.4) is 0 Å². The molecule has 0 aliphatic carbocycles. The molecular formula is C11H19N3O. The molecule has 4 heteroatoms. The number of aromatic nitrogens is 1. The zero-order valence-corrected chi connectivity index (χ0v) is 9.66. The lowest BCUT2D eigenvalue weighted by Gasteiger charge is -2.09. The highest BCUT2D eigenvalue weighted by Crippen LogP contribution is 1.99. The predicted octanol–water partition coefficient (Wildman–Crippen LogP) is 0.245. The first-order chi connectivity index (χ1) is 7.08. The molecule has 0 aromatic carbocycles. The Morgan fingerprint density at radius 1 is 1.53 bits per heavy atom. The van der Waals surface area contributed by atoms with Crippen LogP contribution in [0.25, 0.3) is 0 Å². The van der Waals surface area contributed by atoms with Crippen molar-refractivity contribution in [3.8, 4) is 0 Å². The van der Waals surface area contributed by atoms with Crippen LogP contribution < -0.4 is 5.32 Å². The van der Waals surface area contributed by atoms with Gasteiger partial charge in [0.25, 0.3) is 0 Å². The Bertz CT molecular complexity index is 317. The number of carbonyl (C=O) groups excluding carboxylic acids is 1. The molecule has 15 heavy (non-hydrogen) atoms. The van der Waals surface area contributed by atoms with E-state index in [1.165, 1.54) is 0 Å². The van der Waals surface area contributed by atoms with Crippen molar-refractivity contribution < 1.29 is 4.79 Å². The number of likely N-dealkylation sites (N-methyl/N-ethyl adjacent to an activating group) is 1. The first-order valence-electron chi connectivity index (χ1n) is 5.10. The highest BCUT2D eigenvalue weighted by Gasteiger charge is 2.03. The third-order valence-electron chi connectivity index (χ3n) is 2.14. The van der Waals surface area contributed by atoms with E-state index in [2.05, 4.69) is 5.32 Å². The van der Waals surface area contributed by atoms with Gasteiger partial charge in [-0.15, -0.1) is 0 Å². The maximum absolute atomic E-state index is 11.5. The van der Waals surface area contributed by atoms with E-state index in [-0.39, 0.29) is 5.91 Å². The lowest BCUT2D eigenvalue weighted by molar-refractivity contribution is -0.120. The van der Waals surface area contributed by atoms with E-state index in [4.69, 9.17) is 0 Å². The summed E-state index contributed by atoms with van der Waals surface area (Å²) in [6.45, 7) is 1.58. The van der Waals surface area contributed by atoms with Crippen LogP contribution in [0.15, 0.2) is 18.5 Å². The van der Waals surface area contributed by atoms with Crippen LogP contribution in [0.2, 0.25) is 0 Å². The molecule has 0 aliphatic heterocycles. The van der Waals surface area contributed by atoms with E-state index in [0.717, 1.165) is 12.1 Å². The Hall–Kier alpha value is -1.29. The predicted molar refractivity (Wildman–Crippen MR) is 60.7 cm³/mol. The highest BCUT2D eigenvalue weighted by molar-refractivity contribution is 5.78. The maximum Gasteiger partial charge on any atom is 0.224 e. The van der Waals surface area contributed by atoms with E-state index < -0.39 is 0 Å². The Balaban J connectivity index is 2.24. The van der Waals surface area contributed by atoms with Crippen LogP contribution in [0.4, 0.5) is 0 Å². The molecule has 0 radical (unpaired) electrons. The van der Waals surface area contributed by atoms with Gasteiger partial charge in [-0.1, -0.05) is 0 Å². The molecule has 0 aliphatic rings. The smallest absolute Gasteiger partial charge is 0.224 e. The molecular weight excluding hydrogens is 190 g/mol. The SMILES string of the molecule is CN(C)CCNC(=O)Cc1ccn(C)c1. The summed E-state index contributed by atoms with van der Waals surface area (Å²) in [5, 5.41) is 2.88. The number of amides is 1. The van der Waals surface area contributed by atoms with Gasteiger partial charge in [-0.2, -0.15) is 0 Å². The topological polar surface area (TPSA) is 37.3 Å². The van der Waals surface area contributed by atoms with Crippen molar-refractivity contribution in [1.29, 1.82) is 0 Å². The quantitative estimate of drug-likeness (QED) is 0.754. The van der Waals surface area contributed by atoms with E-state index in [1.54, 1.807) is 0 Å². The minimum absolute atomic E-state index is 0.0862. The molecule has 0 saturated carbocycles. The standard InChI is InChI=1S/C11H19N3O/c1-13(2)7-5-12-11(15)8-10-4-6-14(3)9-10/h4,6,9H,5,7-8H2,1-3H3,(H,12,15). The van der Waals surface area contributed by atoms with Gasteiger partial charge in [-0.25, -0.2) is 0 Å². The number of hydrogen-bond donors (Lipinski definition) is 1. The number of hydrogen-bond acceptors (Lipinski definition) is 2. The van der Waals surface area contributed by atoms with E-state index in [9.17, 15) is 4.79 Å². The molecule has 0 spiro atoms. The van der Waals surface area contributed by atoms with Crippen LogP contribution in [-0.4, -0.2) is 42.6 Å². The fraction of sp³-hybridized carbons (Fsp3) is 0.545. The first-order valence-corrected chi connectivity index (χ1v) is 5.10. The first kappa shape index (κ1) is 11.8. The zero-order chi connectivity index (χ0) is 11.3. The van der Waals surface area contributed by atoms with Gasteiger partial charge in [0.2, 0.25) is 5.91 Å². The van der Waals surface area contributed by atoms with Gasteiger partial charge in [-0.05, 0) is 25.7 Å². The van der Waals surface area contributed by atoms with Gasteiger partial charge >= 0.3 is 0 Å². The van der Waals surface area contributed by atoms with Crippen molar-refractivity contribution in [1.82, 2.24) is 14.8 Å². The molecule has 1 amide bonds. The molecule has 1 heterocycles. The fourth-order valence-electron chi connectivity index (χ4n) is 1.33. The van der Waals surface area contributed by atoms with Crippen molar-refractivity contribution in [2.75, 3.05) is 27.2 Å². The number of nitrogens with zero attached hydrogens (tertiary/aromatic N) is 2. The van der Waals surface area contributed by atoms with Crippen LogP contribution in [0.5, 0.6) is 0 Å². The lowest BCUT2D eigenvalue weighted by Crippen LogP contribution is -2.32. The second-order valence-electron chi connectivity index (χ2n) is 4.02. The summed E-state index contributed by atoms with van der Waals surface area (Å²) >= 11 is 0. The van der Waals surface area contributed by atoms with E-state index in [1.807, 2.05) is 49.1 Å². The lowest BCUT2D eigenvalue weighted by atomic mass is 10.2. The van der Waals surface area contributed by atoms with Crippen molar-refractivity contribution in [2.45, 2.75) is 6.42 Å². The summed E-state index contributed by atoms with van der Waals surface area (Å²) in [7, 11) is 5.93. The average Bonchev–Trinajstić information content (AvgIpc) is 2.50. The van der Waals surface area contributed by atoms with Crippen molar-refractivity contribution >= 4 is 5.91 Å².